The predicted molar refractivity (Wildman–Crippen MR) is 176 cm³/mol. The van der Waals surface area contributed by atoms with Gasteiger partial charge in [0.15, 0.2) is 11.4 Å². The average Bonchev–Trinajstić information content (AvgIpc) is 3.70. The van der Waals surface area contributed by atoms with Crippen LogP contribution in [0.4, 0.5) is 9.80 Å². The average molecular weight is 662 g/mol. The van der Waals surface area contributed by atoms with E-state index in [4.69, 9.17) is 14.2 Å². The number of carbonyl (C=O) groups excluding carboxylic acids is 1. The molecule has 4 aromatic rings. The second kappa shape index (κ2) is 12.7. The first-order valence-electron chi connectivity index (χ1n) is 15.7. The number of rotatable bonds is 11. The quantitative estimate of drug-likeness (QED) is 0.186. The van der Waals surface area contributed by atoms with Crippen LogP contribution < -0.4 is 19.9 Å². The zero-order valence-corrected chi connectivity index (χ0v) is 28.2. The summed E-state index contributed by atoms with van der Waals surface area (Å²) >= 11 is 0. The smallest absolute Gasteiger partial charge is 0.297 e. The van der Waals surface area contributed by atoms with E-state index in [0.717, 1.165) is 5.56 Å². The minimum absolute atomic E-state index is 0.0283. The summed E-state index contributed by atoms with van der Waals surface area (Å²) < 4.78 is 37.1. The maximum atomic E-state index is 16.3. The van der Waals surface area contributed by atoms with E-state index in [1.54, 1.807) is 54.3 Å². The molecule has 2 aromatic heterocycles. The Bertz CT molecular complexity index is 1840. The van der Waals surface area contributed by atoms with Crippen molar-refractivity contribution in [3.63, 3.8) is 0 Å². The highest BCUT2D eigenvalue weighted by Crippen LogP contribution is 2.60. The molecule has 0 bridgehead atoms. The summed E-state index contributed by atoms with van der Waals surface area (Å²) in [5, 5.41) is 17.5. The molecular formula is C34H40FN5O6Si. The minimum Gasteiger partial charge on any atom is -0.497 e. The second-order valence-corrected chi connectivity index (χ2v) is 16.5. The van der Waals surface area contributed by atoms with Crippen molar-refractivity contribution in [3.8, 4) is 17.2 Å². The van der Waals surface area contributed by atoms with Crippen LogP contribution in [0.1, 0.15) is 30.2 Å². The lowest BCUT2D eigenvalue weighted by atomic mass is 9.82. The Morgan fingerprint density at radius 3 is 2.62 bits per heavy atom. The van der Waals surface area contributed by atoms with Gasteiger partial charge in [0.1, 0.15) is 5.75 Å². The SMILES string of the molecule is COc1ccc2c(c1)[C@@]1(O[C@H](CCn3cc(CCO)nn3)[C@@H]([Si](C)(C)F)[C@@H]1C)C(=O)N2Cc1cccc(-n2cccc(OC)c2=O)c1. The van der Waals surface area contributed by atoms with Gasteiger partial charge in [-0.15, -0.1) is 5.10 Å². The van der Waals surface area contributed by atoms with Crippen molar-refractivity contribution in [2.24, 2.45) is 5.92 Å². The number of aliphatic hydroxyl groups is 1. The second-order valence-electron chi connectivity index (χ2n) is 12.7. The Kier molecular flexibility index (Phi) is 8.81. The van der Waals surface area contributed by atoms with E-state index >= 15 is 4.11 Å². The van der Waals surface area contributed by atoms with E-state index in [9.17, 15) is 14.7 Å². The number of nitrogens with zero attached hydrogens (tertiary/aromatic N) is 5. The Morgan fingerprint density at radius 2 is 1.89 bits per heavy atom. The Labute approximate surface area is 273 Å². The number of halogens is 1. The van der Waals surface area contributed by atoms with Gasteiger partial charge in [0.25, 0.3) is 11.5 Å². The third kappa shape index (κ3) is 5.76. The molecule has 1 spiro atoms. The van der Waals surface area contributed by atoms with Gasteiger partial charge in [0, 0.05) is 54.7 Å². The van der Waals surface area contributed by atoms with Gasteiger partial charge >= 0.3 is 0 Å². The standard InChI is InChI=1S/C34H40FN5O6Si/c1-22-31(47(4,5)35)29(13-16-38-21-24(14-17-41)36-37-38)46-34(22)27-19-26(44-2)11-12-28(27)40(33(34)43)20-23-8-6-9-25(18-23)39-15-7-10-30(45-3)32(39)42/h6-12,15,18-19,21-22,29,31,41H,13-14,16-17,20H2,1-5H3/t22-,29+,31-,34+/m0/s1. The molecule has 13 heteroatoms. The lowest BCUT2D eigenvalue weighted by molar-refractivity contribution is -0.146. The zero-order chi connectivity index (χ0) is 33.5. The number of benzene rings is 2. The number of hydrogen-bond acceptors (Lipinski definition) is 8. The van der Waals surface area contributed by atoms with Gasteiger partial charge in [-0.1, -0.05) is 24.3 Å². The van der Waals surface area contributed by atoms with Gasteiger partial charge < -0.3 is 28.3 Å². The molecule has 1 N–H and O–H groups in total. The number of ether oxygens (including phenoxy) is 3. The summed E-state index contributed by atoms with van der Waals surface area (Å²) in [7, 11) is -0.340. The molecule has 47 heavy (non-hydrogen) atoms. The van der Waals surface area contributed by atoms with Gasteiger partial charge in [-0.05, 0) is 67.5 Å². The highest BCUT2D eigenvalue weighted by atomic mass is 28.4. The number of aryl methyl sites for hydroxylation is 1. The molecule has 248 valence electrons. The largest absolute Gasteiger partial charge is 0.497 e. The van der Waals surface area contributed by atoms with Crippen LogP contribution >= 0.6 is 0 Å². The molecular weight excluding hydrogens is 621 g/mol. The van der Waals surface area contributed by atoms with E-state index in [1.165, 1.54) is 11.7 Å². The highest BCUT2D eigenvalue weighted by Gasteiger charge is 2.66. The van der Waals surface area contributed by atoms with Gasteiger partial charge in [-0.25, -0.2) is 0 Å². The van der Waals surface area contributed by atoms with Crippen molar-refractivity contribution in [1.29, 1.82) is 0 Å². The maximum absolute atomic E-state index is 16.3. The first kappa shape index (κ1) is 32.6. The van der Waals surface area contributed by atoms with Crippen molar-refractivity contribution in [2.75, 3.05) is 25.7 Å². The fourth-order valence-corrected chi connectivity index (χ4v) is 9.88. The lowest BCUT2D eigenvalue weighted by Gasteiger charge is -2.31. The van der Waals surface area contributed by atoms with Gasteiger partial charge in [-0.2, -0.15) is 0 Å². The summed E-state index contributed by atoms with van der Waals surface area (Å²) in [6, 6.07) is 16.3. The number of carbonyl (C=O) groups is 1. The third-order valence-corrected chi connectivity index (χ3v) is 11.9. The first-order valence-corrected chi connectivity index (χ1v) is 18.7. The minimum atomic E-state index is -3.36. The van der Waals surface area contributed by atoms with E-state index in [2.05, 4.69) is 10.3 Å². The molecule has 0 saturated carbocycles. The zero-order valence-electron chi connectivity index (χ0n) is 27.2. The molecule has 2 aliphatic heterocycles. The molecule has 4 atom stereocenters. The van der Waals surface area contributed by atoms with Crippen LogP contribution in [-0.4, -0.2) is 65.9 Å². The third-order valence-electron chi connectivity index (χ3n) is 9.43. The Balaban J connectivity index is 1.36. The number of fused-ring (bicyclic) bond motifs is 2. The predicted octanol–water partition coefficient (Wildman–Crippen LogP) is 4.39. The monoisotopic (exact) mass is 661 g/mol. The summed E-state index contributed by atoms with van der Waals surface area (Å²) in [5.41, 5.74) is 1.25. The molecule has 1 amide bonds. The molecule has 0 radical (unpaired) electrons. The van der Waals surface area contributed by atoms with Gasteiger partial charge in [0.05, 0.1) is 38.2 Å². The number of aromatic nitrogens is 4. The Hall–Kier alpha value is -4.33. The van der Waals surface area contributed by atoms with E-state index in [-0.39, 0.29) is 30.4 Å². The van der Waals surface area contributed by atoms with Crippen LogP contribution in [0.25, 0.3) is 5.69 Å². The van der Waals surface area contributed by atoms with Crippen molar-refractivity contribution >= 4 is 20.0 Å². The molecule has 1 fully saturated rings. The number of methoxy groups -OCH3 is 2. The molecule has 11 nitrogen and oxygen atoms in total. The fraction of sp³-hybridized carbons (Fsp3) is 0.412. The number of amides is 1. The maximum Gasteiger partial charge on any atom is 0.297 e. The topological polar surface area (TPSA) is 121 Å². The van der Waals surface area contributed by atoms with E-state index in [0.29, 0.717) is 47.8 Å². The summed E-state index contributed by atoms with van der Waals surface area (Å²) in [6.45, 7) is 5.88. The molecule has 0 aliphatic carbocycles. The molecule has 2 aromatic carbocycles. The van der Waals surface area contributed by atoms with E-state index in [1.807, 2.05) is 49.4 Å². The summed E-state index contributed by atoms with van der Waals surface area (Å²) in [4.78, 5) is 29.4. The van der Waals surface area contributed by atoms with Crippen LogP contribution in [0, 0.1) is 5.92 Å². The van der Waals surface area contributed by atoms with Crippen molar-refractivity contribution in [2.45, 2.75) is 63.2 Å². The number of hydrogen-bond donors (Lipinski definition) is 1. The van der Waals surface area contributed by atoms with E-state index < -0.39 is 31.6 Å². The van der Waals surface area contributed by atoms with Gasteiger partial charge in [0.2, 0.25) is 8.41 Å². The molecule has 0 unspecified atom stereocenters. The van der Waals surface area contributed by atoms with Crippen LogP contribution in [-0.2, 0) is 34.6 Å². The summed E-state index contributed by atoms with van der Waals surface area (Å²) in [6.07, 6.45) is 3.73. The number of anilines is 1. The van der Waals surface area contributed by atoms with Crippen LogP contribution in [0.5, 0.6) is 11.5 Å². The van der Waals surface area contributed by atoms with Crippen LogP contribution in [0.15, 0.2) is 71.8 Å². The molecule has 1 saturated heterocycles. The first-order chi connectivity index (χ1) is 22.5. The van der Waals surface area contributed by atoms with Crippen LogP contribution in [0.3, 0.4) is 0 Å². The Morgan fingerprint density at radius 1 is 1.09 bits per heavy atom. The molecule has 2 aliphatic rings. The van der Waals surface area contributed by atoms with Crippen molar-refractivity contribution in [1.82, 2.24) is 19.6 Å². The number of pyridine rings is 1. The lowest BCUT2D eigenvalue weighted by Crippen LogP contribution is -2.45. The summed E-state index contributed by atoms with van der Waals surface area (Å²) in [5.74, 6) is 0.0743. The highest BCUT2D eigenvalue weighted by molar-refractivity contribution is 6.72. The van der Waals surface area contributed by atoms with Crippen molar-refractivity contribution in [3.05, 3.63) is 94.2 Å². The van der Waals surface area contributed by atoms with Crippen LogP contribution in [0.2, 0.25) is 18.6 Å². The number of aliphatic hydroxyl groups excluding tert-OH is 1. The van der Waals surface area contributed by atoms with Crippen molar-refractivity contribution < 1.29 is 28.2 Å². The molecule has 4 heterocycles. The normalized spacial score (nSPS) is 22.2. The molecule has 6 rings (SSSR count). The fourth-order valence-electron chi connectivity index (χ4n) is 7.34. The van der Waals surface area contributed by atoms with Gasteiger partial charge in [-0.3, -0.25) is 18.8 Å².